The van der Waals surface area contributed by atoms with Crippen molar-refractivity contribution in [2.75, 3.05) is 10.8 Å². The minimum Gasteiger partial charge on any atom is -0.265 e. The average molecular weight is 339 g/mol. The Hall–Kier alpha value is -2.04. The van der Waals surface area contributed by atoms with Gasteiger partial charge in [-0.05, 0) is 38.1 Å². The van der Waals surface area contributed by atoms with Crippen molar-refractivity contribution in [3.05, 3.63) is 41.0 Å². The van der Waals surface area contributed by atoms with Gasteiger partial charge in [0.15, 0.2) is 5.03 Å². The van der Waals surface area contributed by atoms with Crippen LogP contribution in [0, 0.1) is 11.3 Å². The quantitative estimate of drug-likeness (QED) is 0.839. The number of rotatable bonds is 5. The lowest BCUT2D eigenvalue weighted by atomic mass is 10.2. The predicted octanol–water partition coefficient (Wildman–Crippen LogP) is 2.64. The number of anilines is 1. The molecule has 116 valence electrons. The molecule has 0 unspecified atom stereocenters. The van der Waals surface area contributed by atoms with E-state index >= 15 is 0 Å². The highest BCUT2D eigenvalue weighted by Crippen LogP contribution is 2.27. The minimum absolute atomic E-state index is 0.123. The number of hydrogen-bond acceptors (Lipinski definition) is 4. The topological polar surface area (TPSA) is 79.0 Å². The fraction of sp³-hybridized carbons (Fsp3) is 0.286. The van der Waals surface area contributed by atoms with Gasteiger partial charge in [0, 0.05) is 13.1 Å². The number of nitriles is 1. The Morgan fingerprint density at radius 2 is 2.09 bits per heavy atom. The van der Waals surface area contributed by atoms with Crippen molar-refractivity contribution in [1.29, 1.82) is 5.26 Å². The fourth-order valence-electron chi connectivity index (χ4n) is 2.13. The second kappa shape index (κ2) is 6.38. The highest BCUT2D eigenvalue weighted by atomic mass is 35.5. The number of nitrogens with zero attached hydrogens (tertiary/aromatic N) is 4. The first-order valence-electron chi connectivity index (χ1n) is 6.69. The summed E-state index contributed by atoms with van der Waals surface area (Å²) in [7, 11) is -3.75. The van der Waals surface area contributed by atoms with Crippen molar-refractivity contribution in [1.82, 2.24) is 9.78 Å². The molecule has 0 bridgehead atoms. The zero-order valence-electron chi connectivity index (χ0n) is 12.2. The lowest BCUT2D eigenvalue weighted by molar-refractivity contribution is 0.551. The largest absolute Gasteiger partial charge is 0.281 e. The van der Waals surface area contributed by atoms with Crippen LogP contribution in [0.3, 0.4) is 0 Å². The summed E-state index contributed by atoms with van der Waals surface area (Å²) >= 11 is 6.00. The van der Waals surface area contributed by atoms with Crippen molar-refractivity contribution in [2.45, 2.75) is 25.4 Å². The Morgan fingerprint density at radius 1 is 1.36 bits per heavy atom. The molecule has 0 spiro atoms. The first-order chi connectivity index (χ1) is 10.5. The molecule has 0 radical (unpaired) electrons. The third kappa shape index (κ3) is 2.80. The second-order valence-electron chi connectivity index (χ2n) is 4.43. The molecule has 1 aromatic carbocycles. The second-order valence-corrected chi connectivity index (χ2v) is 6.65. The van der Waals surface area contributed by atoms with E-state index < -0.39 is 10.0 Å². The van der Waals surface area contributed by atoms with E-state index in [0.717, 1.165) is 0 Å². The third-order valence-corrected chi connectivity index (χ3v) is 5.42. The van der Waals surface area contributed by atoms with Gasteiger partial charge in [0.05, 0.1) is 22.5 Å². The molecule has 0 aliphatic heterocycles. The lowest BCUT2D eigenvalue weighted by Gasteiger charge is -2.23. The molecule has 0 aliphatic rings. The molecule has 8 heteroatoms. The standard InChI is InChI=1S/C14H15ClN4O2S/c1-3-18-14(7-8-17-18)22(20,21)19(4-2)12-6-5-11(10-16)13(15)9-12/h5-9H,3-4H2,1-2H3. The highest BCUT2D eigenvalue weighted by molar-refractivity contribution is 7.92. The minimum atomic E-state index is -3.75. The van der Waals surface area contributed by atoms with Crippen molar-refractivity contribution in [3.63, 3.8) is 0 Å². The molecule has 0 fully saturated rings. The van der Waals surface area contributed by atoms with Crippen LogP contribution in [0.1, 0.15) is 19.4 Å². The van der Waals surface area contributed by atoms with Crippen LogP contribution < -0.4 is 4.31 Å². The molecule has 2 aromatic rings. The summed E-state index contributed by atoms with van der Waals surface area (Å²) in [6, 6.07) is 7.97. The van der Waals surface area contributed by atoms with Crippen LogP contribution in [0.2, 0.25) is 5.02 Å². The molecule has 0 saturated carbocycles. The Labute approximate surface area is 134 Å². The van der Waals surface area contributed by atoms with E-state index in [1.54, 1.807) is 13.0 Å². The van der Waals surface area contributed by atoms with E-state index in [1.807, 2.05) is 13.0 Å². The summed E-state index contributed by atoms with van der Waals surface area (Å²) in [5.41, 5.74) is 0.716. The number of benzene rings is 1. The van der Waals surface area contributed by atoms with E-state index in [0.29, 0.717) is 17.8 Å². The maximum atomic E-state index is 12.8. The van der Waals surface area contributed by atoms with Crippen LogP contribution in [0.5, 0.6) is 0 Å². The molecule has 0 amide bonds. The molecule has 0 aliphatic carbocycles. The molecular formula is C14H15ClN4O2S. The van der Waals surface area contributed by atoms with Gasteiger partial charge < -0.3 is 0 Å². The maximum absolute atomic E-state index is 12.8. The van der Waals surface area contributed by atoms with E-state index in [2.05, 4.69) is 5.10 Å². The summed E-state index contributed by atoms with van der Waals surface area (Å²) in [4.78, 5) is 0. The first-order valence-corrected chi connectivity index (χ1v) is 8.51. The van der Waals surface area contributed by atoms with E-state index in [-0.39, 0.29) is 16.6 Å². The van der Waals surface area contributed by atoms with Crippen LogP contribution >= 0.6 is 11.6 Å². The van der Waals surface area contributed by atoms with E-state index in [4.69, 9.17) is 16.9 Å². The van der Waals surface area contributed by atoms with Crippen molar-refractivity contribution >= 4 is 27.3 Å². The van der Waals surface area contributed by atoms with E-state index in [9.17, 15) is 8.42 Å². The molecule has 22 heavy (non-hydrogen) atoms. The molecule has 1 aromatic heterocycles. The summed E-state index contributed by atoms with van der Waals surface area (Å²) in [5, 5.41) is 13.2. The normalized spacial score (nSPS) is 11.2. The number of hydrogen-bond donors (Lipinski definition) is 0. The van der Waals surface area contributed by atoms with Crippen LogP contribution in [-0.4, -0.2) is 24.7 Å². The zero-order chi connectivity index (χ0) is 16.3. The fourth-order valence-corrected chi connectivity index (χ4v) is 3.98. The van der Waals surface area contributed by atoms with Crippen LogP contribution in [0.25, 0.3) is 0 Å². The van der Waals surface area contributed by atoms with Gasteiger partial charge in [-0.15, -0.1) is 0 Å². The number of halogens is 1. The van der Waals surface area contributed by atoms with Gasteiger partial charge in [-0.3, -0.25) is 8.99 Å². The lowest BCUT2D eigenvalue weighted by Crippen LogP contribution is -2.32. The highest BCUT2D eigenvalue weighted by Gasteiger charge is 2.27. The van der Waals surface area contributed by atoms with Gasteiger partial charge in [0.1, 0.15) is 6.07 Å². The monoisotopic (exact) mass is 338 g/mol. The van der Waals surface area contributed by atoms with Gasteiger partial charge in [0.25, 0.3) is 10.0 Å². The van der Waals surface area contributed by atoms with Gasteiger partial charge in [-0.25, -0.2) is 0 Å². The molecule has 2 rings (SSSR count). The van der Waals surface area contributed by atoms with Crippen LogP contribution in [0.15, 0.2) is 35.5 Å². The Bertz CT molecular complexity index is 824. The molecule has 1 heterocycles. The molecule has 0 atom stereocenters. The Morgan fingerprint density at radius 3 is 2.64 bits per heavy atom. The third-order valence-electron chi connectivity index (χ3n) is 3.18. The summed E-state index contributed by atoms with van der Waals surface area (Å²) in [5.74, 6) is 0. The van der Waals surface area contributed by atoms with Gasteiger partial charge >= 0.3 is 0 Å². The average Bonchev–Trinajstić information content (AvgIpc) is 2.97. The summed E-state index contributed by atoms with van der Waals surface area (Å²) < 4.78 is 28.3. The number of sulfonamides is 1. The zero-order valence-corrected chi connectivity index (χ0v) is 13.8. The van der Waals surface area contributed by atoms with Crippen molar-refractivity contribution < 1.29 is 8.42 Å². The van der Waals surface area contributed by atoms with Gasteiger partial charge in [0.2, 0.25) is 0 Å². The van der Waals surface area contributed by atoms with Crippen LogP contribution in [-0.2, 0) is 16.6 Å². The van der Waals surface area contributed by atoms with Crippen molar-refractivity contribution in [2.24, 2.45) is 0 Å². The number of aryl methyl sites for hydroxylation is 1. The van der Waals surface area contributed by atoms with Gasteiger partial charge in [-0.2, -0.15) is 18.8 Å². The molecule has 0 saturated heterocycles. The summed E-state index contributed by atoms with van der Waals surface area (Å²) in [6.07, 6.45) is 1.45. The van der Waals surface area contributed by atoms with E-state index in [1.165, 1.54) is 33.4 Å². The molecule has 0 N–H and O–H groups in total. The van der Waals surface area contributed by atoms with Crippen LogP contribution in [0.4, 0.5) is 5.69 Å². The van der Waals surface area contributed by atoms with Crippen molar-refractivity contribution in [3.8, 4) is 6.07 Å². The Balaban J connectivity index is 2.52. The Kier molecular flexibility index (Phi) is 4.74. The predicted molar refractivity (Wildman–Crippen MR) is 84.3 cm³/mol. The molecule has 6 nitrogen and oxygen atoms in total. The maximum Gasteiger partial charge on any atom is 0.281 e. The smallest absolute Gasteiger partial charge is 0.265 e. The number of aromatic nitrogens is 2. The first kappa shape index (κ1) is 16.3. The molecular weight excluding hydrogens is 324 g/mol. The van der Waals surface area contributed by atoms with Gasteiger partial charge in [-0.1, -0.05) is 11.6 Å². The SMILES string of the molecule is CCN(c1ccc(C#N)c(Cl)c1)S(=O)(=O)c1ccnn1CC. The summed E-state index contributed by atoms with van der Waals surface area (Å²) in [6.45, 7) is 4.24.